The van der Waals surface area contributed by atoms with E-state index >= 15 is 0 Å². The van der Waals surface area contributed by atoms with Crippen molar-refractivity contribution >= 4 is 0 Å². The van der Waals surface area contributed by atoms with Gasteiger partial charge in [-0.1, -0.05) is 39.5 Å². The predicted molar refractivity (Wildman–Crippen MR) is 78.0 cm³/mol. The van der Waals surface area contributed by atoms with Gasteiger partial charge in [-0.15, -0.1) is 0 Å². The maximum atomic E-state index is 6.78. The Labute approximate surface area is 117 Å². The van der Waals surface area contributed by atoms with Crippen LogP contribution in [0.25, 0.3) is 0 Å². The van der Waals surface area contributed by atoms with Crippen molar-refractivity contribution in [2.45, 2.75) is 76.5 Å². The molecule has 3 atom stereocenters. The van der Waals surface area contributed by atoms with Gasteiger partial charge in [0.05, 0.1) is 6.10 Å². The molecule has 3 unspecified atom stereocenters. The van der Waals surface area contributed by atoms with Crippen molar-refractivity contribution in [2.24, 2.45) is 17.1 Å². The first-order chi connectivity index (χ1) is 9.06. The molecule has 1 heterocycles. The lowest BCUT2D eigenvalue weighted by molar-refractivity contribution is -0.154. The zero-order valence-corrected chi connectivity index (χ0v) is 12.6. The SMILES string of the molecule is CC1(C)C2OCCC2C1(N)CNC1CCCCCC1. The number of nitrogens with one attached hydrogen (secondary N) is 1. The minimum absolute atomic E-state index is 0.0690. The van der Waals surface area contributed by atoms with Crippen LogP contribution in [0.1, 0.15) is 58.8 Å². The largest absolute Gasteiger partial charge is 0.377 e. The number of ether oxygens (including phenoxy) is 1. The first-order valence-electron chi connectivity index (χ1n) is 8.19. The molecular weight excluding hydrogens is 236 g/mol. The van der Waals surface area contributed by atoms with Crippen molar-refractivity contribution < 1.29 is 4.74 Å². The van der Waals surface area contributed by atoms with Crippen LogP contribution >= 0.6 is 0 Å². The Morgan fingerprint density at radius 1 is 1.11 bits per heavy atom. The van der Waals surface area contributed by atoms with E-state index in [2.05, 4.69) is 19.2 Å². The second-order valence-electron chi connectivity index (χ2n) is 7.52. The third kappa shape index (κ3) is 2.14. The van der Waals surface area contributed by atoms with E-state index in [1.54, 1.807) is 0 Å². The zero-order chi connectivity index (χ0) is 13.5. The Hall–Kier alpha value is -0.120. The fourth-order valence-electron chi connectivity index (χ4n) is 4.63. The molecule has 0 aromatic rings. The highest BCUT2D eigenvalue weighted by Gasteiger charge is 2.67. The van der Waals surface area contributed by atoms with Gasteiger partial charge in [-0.05, 0) is 19.3 Å². The van der Waals surface area contributed by atoms with Crippen LogP contribution in [0.4, 0.5) is 0 Å². The van der Waals surface area contributed by atoms with Gasteiger partial charge in [0, 0.05) is 36.1 Å². The summed E-state index contributed by atoms with van der Waals surface area (Å²) in [6, 6.07) is 0.695. The number of rotatable bonds is 3. The van der Waals surface area contributed by atoms with Gasteiger partial charge in [-0.2, -0.15) is 0 Å². The molecule has 0 amide bonds. The van der Waals surface area contributed by atoms with Gasteiger partial charge in [0.15, 0.2) is 0 Å². The lowest BCUT2D eigenvalue weighted by Crippen LogP contribution is -2.78. The molecule has 3 aliphatic rings. The van der Waals surface area contributed by atoms with Crippen LogP contribution < -0.4 is 11.1 Å². The molecule has 2 saturated carbocycles. The van der Waals surface area contributed by atoms with Crippen LogP contribution in [-0.2, 0) is 4.74 Å². The van der Waals surface area contributed by atoms with Gasteiger partial charge in [-0.3, -0.25) is 0 Å². The van der Waals surface area contributed by atoms with Gasteiger partial charge in [0.25, 0.3) is 0 Å². The molecule has 3 fully saturated rings. The average Bonchev–Trinajstić information content (AvgIpc) is 2.72. The van der Waals surface area contributed by atoms with E-state index < -0.39 is 0 Å². The maximum absolute atomic E-state index is 6.78. The Morgan fingerprint density at radius 3 is 2.47 bits per heavy atom. The lowest BCUT2D eigenvalue weighted by atomic mass is 9.48. The second-order valence-corrected chi connectivity index (χ2v) is 7.52. The Kier molecular flexibility index (Phi) is 3.65. The third-order valence-electron chi connectivity index (χ3n) is 6.20. The van der Waals surface area contributed by atoms with Crippen molar-refractivity contribution in [2.75, 3.05) is 13.2 Å². The van der Waals surface area contributed by atoms with E-state index in [9.17, 15) is 0 Å². The van der Waals surface area contributed by atoms with Crippen molar-refractivity contribution in [3.05, 3.63) is 0 Å². The zero-order valence-electron chi connectivity index (χ0n) is 12.6. The lowest BCUT2D eigenvalue weighted by Gasteiger charge is -2.62. The number of hydrogen-bond acceptors (Lipinski definition) is 3. The molecule has 19 heavy (non-hydrogen) atoms. The first-order valence-corrected chi connectivity index (χ1v) is 8.19. The van der Waals surface area contributed by atoms with E-state index in [-0.39, 0.29) is 11.0 Å². The summed E-state index contributed by atoms with van der Waals surface area (Å²) in [5.41, 5.74) is 6.83. The van der Waals surface area contributed by atoms with Gasteiger partial charge in [0.2, 0.25) is 0 Å². The normalized spacial score (nSPS) is 42.5. The molecule has 3 heteroatoms. The van der Waals surface area contributed by atoms with Crippen molar-refractivity contribution in [3.8, 4) is 0 Å². The van der Waals surface area contributed by atoms with E-state index in [4.69, 9.17) is 10.5 Å². The standard InChI is InChI=1S/C16H30N2O/c1-15(2)14-13(9-10-19-14)16(15,17)11-18-12-7-5-3-4-6-8-12/h12-14,18H,3-11,17H2,1-2H3. The molecule has 0 bridgehead atoms. The molecule has 3 N–H and O–H groups in total. The molecule has 2 aliphatic carbocycles. The van der Waals surface area contributed by atoms with Crippen LogP contribution in [0, 0.1) is 11.3 Å². The quantitative estimate of drug-likeness (QED) is 0.771. The molecule has 3 nitrogen and oxygen atoms in total. The summed E-state index contributed by atoms with van der Waals surface area (Å²) in [7, 11) is 0. The summed E-state index contributed by atoms with van der Waals surface area (Å²) in [5, 5.41) is 3.79. The maximum Gasteiger partial charge on any atom is 0.0691 e. The number of nitrogens with two attached hydrogens (primary N) is 1. The van der Waals surface area contributed by atoms with Crippen molar-refractivity contribution in [1.82, 2.24) is 5.32 Å². The fourth-order valence-corrected chi connectivity index (χ4v) is 4.63. The molecule has 0 aromatic carbocycles. The third-order valence-corrected chi connectivity index (χ3v) is 6.20. The highest BCUT2D eigenvalue weighted by molar-refractivity contribution is 5.21. The number of fused-ring (bicyclic) bond motifs is 1. The summed E-state index contributed by atoms with van der Waals surface area (Å²) in [6.07, 6.45) is 9.81. The van der Waals surface area contributed by atoms with Crippen molar-refractivity contribution in [1.29, 1.82) is 0 Å². The summed E-state index contributed by atoms with van der Waals surface area (Å²) >= 11 is 0. The Bertz CT molecular complexity index is 323. The van der Waals surface area contributed by atoms with Crippen LogP contribution in [0.2, 0.25) is 0 Å². The summed E-state index contributed by atoms with van der Waals surface area (Å²) < 4.78 is 5.87. The summed E-state index contributed by atoms with van der Waals surface area (Å²) in [5.74, 6) is 0.570. The molecule has 0 radical (unpaired) electrons. The van der Waals surface area contributed by atoms with Crippen molar-refractivity contribution in [3.63, 3.8) is 0 Å². The van der Waals surface area contributed by atoms with Gasteiger partial charge in [0.1, 0.15) is 0 Å². The summed E-state index contributed by atoms with van der Waals surface area (Å²) in [4.78, 5) is 0. The van der Waals surface area contributed by atoms with Crippen LogP contribution in [0.15, 0.2) is 0 Å². The highest BCUT2D eigenvalue weighted by Crippen LogP contribution is 2.57. The first kappa shape index (κ1) is 13.8. The minimum atomic E-state index is -0.0690. The smallest absolute Gasteiger partial charge is 0.0691 e. The molecule has 1 saturated heterocycles. The molecule has 1 aliphatic heterocycles. The van der Waals surface area contributed by atoms with Crippen LogP contribution in [-0.4, -0.2) is 30.8 Å². The predicted octanol–water partition coefficient (Wildman–Crippen LogP) is 2.44. The number of hydrogen-bond donors (Lipinski definition) is 2. The Balaban J connectivity index is 1.59. The van der Waals surface area contributed by atoms with Gasteiger partial charge >= 0.3 is 0 Å². The Morgan fingerprint density at radius 2 is 1.79 bits per heavy atom. The minimum Gasteiger partial charge on any atom is -0.377 e. The monoisotopic (exact) mass is 266 g/mol. The van der Waals surface area contributed by atoms with E-state index in [1.165, 1.54) is 38.5 Å². The van der Waals surface area contributed by atoms with Crippen LogP contribution in [0.5, 0.6) is 0 Å². The van der Waals surface area contributed by atoms with Gasteiger partial charge < -0.3 is 15.8 Å². The van der Waals surface area contributed by atoms with E-state index in [0.717, 1.165) is 19.6 Å². The molecular formula is C16H30N2O. The fraction of sp³-hybridized carbons (Fsp3) is 1.00. The van der Waals surface area contributed by atoms with Crippen LogP contribution in [0.3, 0.4) is 0 Å². The molecule has 0 aromatic heterocycles. The van der Waals surface area contributed by atoms with E-state index in [0.29, 0.717) is 18.1 Å². The topological polar surface area (TPSA) is 47.3 Å². The summed E-state index contributed by atoms with van der Waals surface area (Å²) in [6.45, 7) is 6.44. The van der Waals surface area contributed by atoms with Gasteiger partial charge in [-0.25, -0.2) is 0 Å². The highest BCUT2D eigenvalue weighted by atomic mass is 16.5. The molecule has 0 spiro atoms. The molecule has 3 rings (SSSR count). The van der Waals surface area contributed by atoms with E-state index in [1.807, 2.05) is 0 Å². The second kappa shape index (κ2) is 5.01. The average molecular weight is 266 g/mol. The molecule has 110 valence electrons.